The van der Waals surface area contributed by atoms with Gasteiger partial charge in [0.15, 0.2) is 0 Å². The third kappa shape index (κ3) is 3.43. The predicted molar refractivity (Wildman–Crippen MR) is 115 cm³/mol. The van der Waals surface area contributed by atoms with Crippen LogP contribution in [0.2, 0.25) is 0 Å². The normalized spacial score (nSPS) is 26.7. The standard InChI is InChI=1S/C23H27F3N4/c1-14(23(24,25)26)21-17-4-3-5-19(27-16-6-8-30(2)9-7-16)18(17)10-20(28-21)29-22-11-15(12-22)13-22/h3-5,10,15-16,27H,1,6-9,11-13H2,2H3,(H,28,29). The molecule has 3 aliphatic carbocycles. The highest BCUT2D eigenvalue weighted by molar-refractivity contribution is 6.01. The molecule has 0 atom stereocenters. The summed E-state index contributed by atoms with van der Waals surface area (Å²) >= 11 is 0. The van der Waals surface area contributed by atoms with Crippen molar-refractivity contribution in [2.24, 2.45) is 5.92 Å². The lowest BCUT2D eigenvalue weighted by Gasteiger charge is -2.62. The maximum absolute atomic E-state index is 13.5. The largest absolute Gasteiger partial charge is 0.417 e. The van der Waals surface area contributed by atoms with Crippen LogP contribution in [0.15, 0.2) is 30.8 Å². The molecule has 0 spiro atoms. The first-order valence-electron chi connectivity index (χ1n) is 10.7. The van der Waals surface area contributed by atoms with Crippen LogP contribution in [0.3, 0.4) is 0 Å². The van der Waals surface area contributed by atoms with E-state index in [1.807, 2.05) is 12.1 Å². The summed E-state index contributed by atoms with van der Waals surface area (Å²) in [7, 11) is 2.11. The van der Waals surface area contributed by atoms with Crippen molar-refractivity contribution in [3.63, 3.8) is 0 Å². The van der Waals surface area contributed by atoms with Crippen molar-refractivity contribution in [1.29, 1.82) is 0 Å². The summed E-state index contributed by atoms with van der Waals surface area (Å²) in [5, 5.41) is 8.28. The van der Waals surface area contributed by atoms with E-state index in [0.29, 0.717) is 17.2 Å². The van der Waals surface area contributed by atoms with Crippen LogP contribution < -0.4 is 10.6 Å². The quantitative estimate of drug-likeness (QED) is 0.696. The Morgan fingerprint density at radius 2 is 1.87 bits per heavy atom. The number of allylic oxidation sites excluding steroid dienone is 1. The van der Waals surface area contributed by atoms with Crippen LogP contribution in [0.1, 0.15) is 37.8 Å². The summed E-state index contributed by atoms with van der Waals surface area (Å²) < 4.78 is 40.6. The van der Waals surface area contributed by atoms with Crippen molar-refractivity contribution in [2.75, 3.05) is 30.8 Å². The van der Waals surface area contributed by atoms with E-state index >= 15 is 0 Å². The molecule has 3 saturated carbocycles. The summed E-state index contributed by atoms with van der Waals surface area (Å²) in [4.78, 5) is 6.69. The van der Waals surface area contributed by atoms with Gasteiger partial charge >= 0.3 is 6.18 Å². The fraction of sp³-hybridized carbons (Fsp3) is 0.522. The van der Waals surface area contributed by atoms with Gasteiger partial charge in [-0.1, -0.05) is 18.7 Å². The van der Waals surface area contributed by atoms with E-state index in [9.17, 15) is 13.2 Å². The number of anilines is 2. The fourth-order valence-corrected chi connectivity index (χ4v) is 5.11. The highest BCUT2D eigenvalue weighted by Crippen LogP contribution is 2.58. The first-order chi connectivity index (χ1) is 14.2. The van der Waals surface area contributed by atoms with Gasteiger partial charge in [0.05, 0.1) is 11.3 Å². The molecule has 7 heteroatoms. The van der Waals surface area contributed by atoms with Crippen molar-refractivity contribution >= 4 is 27.9 Å². The van der Waals surface area contributed by atoms with E-state index in [1.54, 1.807) is 12.1 Å². The maximum atomic E-state index is 13.5. The average Bonchev–Trinajstić information content (AvgIpc) is 2.64. The van der Waals surface area contributed by atoms with Gasteiger partial charge in [-0.05, 0) is 70.3 Å². The maximum Gasteiger partial charge on any atom is 0.417 e. The zero-order valence-corrected chi connectivity index (χ0v) is 17.1. The Kier molecular flexibility index (Phi) is 4.51. The molecule has 0 radical (unpaired) electrons. The second kappa shape index (κ2) is 6.87. The van der Waals surface area contributed by atoms with Gasteiger partial charge in [-0.3, -0.25) is 0 Å². The predicted octanol–water partition coefficient (Wildman–Crippen LogP) is 5.28. The number of piperidine rings is 1. The van der Waals surface area contributed by atoms with Crippen LogP contribution >= 0.6 is 0 Å². The van der Waals surface area contributed by atoms with Gasteiger partial charge in [0.2, 0.25) is 0 Å². The number of nitrogens with one attached hydrogen (secondary N) is 2. The summed E-state index contributed by atoms with van der Waals surface area (Å²) in [5.41, 5.74) is -0.0916. The molecular weight excluding hydrogens is 389 g/mol. The van der Waals surface area contributed by atoms with Crippen LogP contribution in [-0.2, 0) is 0 Å². The van der Waals surface area contributed by atoms with Crippen molar-refractivity contribution in [2.45, 2.75) is 49.9 Å². The van der Waals surface area contributed by atoms with Crippen LogP contribution in [0.4, 0.5) is 24.7 Å². The number of likely N-dealkylation sites (tertiary alicyclic amines) is 1. The first kappa shape index (κ1) is 19.7. The molecule has 2 bridgehead atoms. The third-order valence-corrected chi connectivity index (χ3v) is 7.01. The second-order valence-electron chi connectivity index (χ2n) is 9.34. The van der Waals surface area contributed by atoms with Crippen molar-refractivity contribution in [1.82, 2.24) is 9.88 Å². The molecule has 1 aromatic heterocycles. The van der Waals surface area contributed by atoms with Crippen molar-refractivity contribution in [3.8, 4) is 0 Å². The number of halogens is 3. The molecular formula is C23H27F3N4. The van der Waals surface area contributed by atoms with Gasteiger partial charge in [-0.15, -0.1) is 0 Å². The Balaban J connectivity index is 1.54. The summed E-state index contributed by atoms with van der Waals surface area (Å²) in [5.74, 6) is 1.28. The molecule has 30 heavy (non-hydrogen) atoms. The molecule has 4 fully saturated rings. The Hall–Kier alpha value is -2.28. The van der Waals surface area contributed by atoms with E-state index in [0.717, 1.165) is 62.2 Å². The van der Waals surface area contributed by atoms with Gasteiger partial charge in [0.1, 0.15) is 5.82 Å². The smallest absolute Gasteiger partial charge is 0.382 e. The lowest BCUT2D eigenvalue weighted by Crippen LogP contribution is -2.63. The molecule has 0 amide bonds. The molecule has 1 aliphatic heterocycles. The van der Waals surface area contributed by atoms with Crippen LogP contribution in [-0.4, -0.2) is 47.8 Å². The number of pyridine rings is 1. The monoisotopic (exact) mass is 416 g/mol. The minimum atomic E-state index is -4.52. The van der Waals surface area contributed by atoms with Gasteiger partial charge in [0, 0.05) is 28.0 Å². The minimum Gasteiger partial charge on any atom is -0.382 e. The highest BCUT2D eigenvalue weighted by Gasteiger charge is 2.56. The van der Waals surface area contributed by atoms with E-state index in [-0.39, 0.29) is 11.2 Å². The molecule has 1 saturated heterocycles. The van der Waals surface area contributed by atoms with Gasteiger partial charge in [-0.25, -0.2) is 4.98 Å². The molecule has 6 rings (SSSR count). The molecule has 4 nitrogen and oxygen atoms in total. The summed E-state index contributed by atoms with van der Waals surface area (Å²) in [6, 6.07) is 7.66. The number of hydrogen-bond acceptors (Lipinski definition) is 4. The summed E-state index contributed by atoms with van der Waals surface area (Å²) in [6.07, 6.45) is 0.741. The van der Waals surface area contributed by atoms with E-state index in [4.69, 9.17) is 0 Å². The molecule has 2 heterocycles. The zero-order chi connectivity index (χ0) is 21.1. The number of aromatic nitrogens is 1. The van der Waals surface area contributed by atoms with Crippen LogP contribution in [0.25, 0.3) is 16.3 Å². The topological polar surface area (TPSA) is 40.2 Å². The van der Waals surface area contributed by atoms with Crippen molar-refractivity contribution in [3.05, 3.63) is 36.5 Å². The minimum absolute atomic E-state index is 0.0263. The average molecular weight is 416 g/mol. The second-order valence-corrected chi connectivity index (χ2v) is 9.34. The molecule has 160 valence electrons. The van der Waals surface area contributed by atoms with Gasteiger partial charge in [0.25, 0.3) is 0 Å². The number of alkyl halides is 3. The number of fused-ring (bicyclic) bond motifs is 1. The molecule has 0 unspecified atom stereocenters. The van der Waals surface area contributed by atoms with E-state index in [2.05, 4.69) is 34.1 Å². The molecule has 2 N–H and O–H groups in total. The number of rotatable bonds is 5. The third-order valence-electron chi connectivity index (χ3n) is 7.01. The van der Waals surface area contributed by atoms with E-state index in [1.165, 1.54) is 0 Å². The number of nitrogens with zero attached hydrogens (tertiary/aromatic N) is 2. The fourth-order valence-electron chi connectivity index (χ4n) is 5.11. The zero-order valence-electron chi connectivity index (χ0n) is 17.1. The lowest BCUT2D eigenvalue weighted by atomic mass is 9.50. The van der Waals surface area contributed by atoms with Crippen LogP contribution in [0, 0.1) is 5.92 Å². The van der Waals surface area contributed by atoms with Crippen LogP contribution in [0.5, 0.6) is 0 Å². The summed E-state index contributed by atoms with van der Waals surface area (Å²) in [6.45, 7) is 5.36. The Bertz CT molecular complexity index is 975. The Labute approximate surface area is 174 Å². The SMILES string of the molecule is C=C(c1nc(NC23CC(C2)C3)cc2c(NC3CCN(C)CC3)cccc12)C(F)(F)F. The van der Waals surface area contributed by atoms with E-state index < -0.39 is 11.7 Å². The highest BCUT2D eigenvalue weighted by atomic mass is 19.4. The molecule has 4 aliphatic rings. The Morgan fingerprint density at radius 1 is 1.17 bits per heavy atom. The van der Waals surface area contributed by atoms with Crippen molar-refractivity contribution < 1.29 is 13.2 Å². The molecule has 1 aromatic carbocycles. The molecule has 2 aromatic rings. The number of hydrogen-bond donors (Lipinski definition) is 2. The Morgan fingerprint density at radius 3 is 2.47 bits per heavy atom. The van der Waals surface area contributed by atoms with Gasteiger partial charge < -0.3 is 15.5 Å². The van der Waals surface area contributed by atoms with Gasteiger partial charge in [-0.2, -0.15) is 13.2 Å². The first-order valence-corrected chi connectivity index (χ1v) is 10.7. The lowest BCUT2D eigenvalue weighted by molar-refractivity contribution is -0.0688. The number of benzene rings is 1.